The largest absolute Gasteiger partial charge is 0.299 e. The van der Waals surface area contributed by atoms with Crippen LogP contribution in [0.5, 0.6) is 0 Å². The summed E-state index contributed by atoms with van der Waals surface area (Å²) in [6, 6.07) is 7.77. The second-order valence-electron chi connectivity index (χ2n) is 3.45. The molecule has 0 fully saturated rings. The fourth-order valence-corrected chi connectivity index (χ4v) is 1.94. The van der Waals surface area contributed by atoms with E-state index < -0.39 is 0 Å². The fraction of sp³-hybridized carbons (Fsp3) is 0.250. The number of rotatable bonds is 1. The number of ketones is 1. The standard InChI is InChI=1S/C12H11ClO/c13-12-4-2-1-3-11(12)9-5-7-10(14)8-6-9/h1-5H,6-8H2. The van der Waals surface area contributed by atoms with Crippen LogP contribution >= 0.6 is 11.6 Å². The number of allylic oxidation sites excluding steroid dienone is 2. The molecule has 0 saturated carbocycles. The Kier molecular flexibility index (Phi) is 2.69. The molecule has 1 aromatic rings. The number of carbonyl (C=O) groups is 1. The number of hydrogen-bond acceptors (Lipinski definition) is 1. The number of halogens is 1. The second-order valence-corrected chi connectivity index (χ2v) is 3.86. The third kappa shape index (κ3) is 1.88. The van der Waals surface area contributed by atoms with Crippen molar-refractivity contribution in [2.45, 2.75) is 19.3 Å². The first-order valence-electron chi connectivity index (χ1n) is 4.73. The first-order valence-corrected chi connectivity index (χ1v) is 5.11. The molecule has 2 rings (SSSR count). The first kappa shape index (κ1) is 9.47. The number of benzene rings is 1. The molecule has 0 spiro atoms. The summed E-state index contributed by atoms with van der Waals surface area (Å²) in [5.41, 5.74) is 2.27. The molecule has 72 valence electrons. The van der Waals surface area contributed by atoms with Crippen molar-refractivity contribution in [3.63, 3.8) is 0 Å². The zero-order valence-electron chi connectivity index (χ0n) is 7.79. The Morgan fingerprint density at radius 2 is 1.93 bits per heavy atom. The maximum atomic E-state index is 11.0. The molecular formula is C12H11ClO. The molecule has 0 unspecified atom stereocenters. The maximum absolute atomic E-state index is 11.0. The van der Waals surface area contributed by atoms with Crippen molar-refractivity contribution in [1.82, 2.24) is 0 Å². The quantitative estimate of drug-likeness (QED) is 0.688. The summed E-state index contributed by atoms with van der Waals surface area (Å²) >= 11 is 6.07. The van der Waals surface area contributed by atoms with E-state index in [4.69, 9.17) is 11.6 Å². The zero-order chi connectivity index (χ0) is 9.97. The summed E-state index contributed by atoms with van der Waals surface area (Å²) in [6.07, 6.45) is 4.02. The Bertz CT molecular complexity index is 393. The highest BCUT2D eigenvalue weighted by molar-refractivity contribution is 6.32. The lowest BCUT2D eigenvalue weighted by atomic mass is 9.93. The van der Waals surface area contributed by atoms with E-state index in [1.165, 1.54) is 5.57 Å². The summed E-state index contributed by atoms with van der Waals surface area (Å²) < 4.78 is 0. The molecular weight excluding hydrogens is 196 g/mol. The highest BCUT2D eigenvalue weighted by atomic mass is 35.5. The van der Waals surface area contributed by atoms with Gasteiger partial charge in [0.15, 0.2) is 0 Å². The van der Waals surface area contributed by atoms with Crippen molar-refractivity contribution in [2.75, 3.05) is 0 Å². The molecule has 1 aliphatic rings. The van der Waals surface area contributed by atoms with Gasteiger partial charge < -0.3 is 0 Å². The highest BCUT2D eigenvalue weighted by Gasteiger charge is 2.13. The smallest absolute Gasteiger partial charge is 0.137 e. The molecule has 0 amide bonds. The molecule has 14 heavy (non-hydrogen) atoms. The van der Waals surface area contributed by atoms with Crippen molar-refractivity contribution >= 4 is 23.0 Å². The summed E-state index contributed by atoms with van der Waals surface area (Å²) in [5.74, 6) is 0.320. The van der Waals surface area contributed by atoms with Crippen molar-refractivity contribution < 1.29 is 4.79 Å². The monoisotopic (exact) mass is 206 g/mol. The van der Waals surface area contributed by atoms with Crippen LogP contribution in [0.3, 0.4) is 0 Å². The third-order valence-corrected chi connectivity index (χ3v) is 2.80. The van der Waals surface area contributed by atoms with Crippen LogP contribution in [-0.4, -0.2) is 5.78 Å². The molecule has 0 aromatic heterocycles. The highest BCUT2D eigenvalue weighted by Crippen LogP contribution is 2.29. The molecule has 0 atom stereocenters. The molecule has 1 aromatic carbocycles. The Balaban J connectivity index is 2.32. The Morgan fingerprint density at radius 3 is 2.57 bits per heavy atom. The second kappa shape index (κ2) is 3.97. The molecule has 2 heteroatoms. The van der Waals surface area contributed by atoms with Gasteiger partial charge in [-0.1, -0.05) is 35.9 Å². The fourth-order valence-electron chi connectivity index (χ4n) is 1.68. The van der Waals surface area contributed by atoms with Gasteiger partial charge in [0.2, 0.25) is 0 Å². The third-order valence-electron chi connectivity index (χ3n) is 2.47. The molecule has 0 heterocycles. The summed E-state index contributed by atoms with van der Waals surface area (Å²) in [5, 5.41) is 0.771. The van der Waals surface area contributed by atoms with Crippen molar-refractivity contribution in [3.05, 3.63) is 40.9 Å². The van der Waals surface area contributed by atoms with Gasteiger partial charge in [-0.2, -0.15) is 0 Å². The van der Waals surface area contributed by atoms with Gasteiger partial charge in [0, 0.05) is 17.9 Å². The van der Waals surface area contributed by atoms with Crippen LogP contribution < -0.4 is 0 Å². The summed E-state index contributed by atoms with van der Waals surface area (Å²) in [7, 11) is 0. The van der Waals surface area contributed by atoms with Crippen LogP contribution in [0.1, 0.15) is 24.8 Å². The van der Waals surface area contributed by atoms with E-state index in [-0.39, 0.29) is 0 Å². The van der Waals surface area contributed by atoms with Gasteiger partial charge in [-0.25, -0.2) is 0 Å². The molecule has 1 aliphatic carbocycles. The van der Waals surface area contributed by atoms with E-state index in [0.717, 1.165) is 17.0 Å². The van der Waals surface area contributed by atoms with Crippen molar-refractivity contribution in [1.29, 1.82) is 0 Å². The lowest BCUT2D eigenvalue weighted by Crippen LogP contribution is -2.03. The summed E-state index contributed by atoms with van der Waals surface area (Å²) in [6.45, 7) is 0. The van der Waals surface area contributed by atoms with E-state index >= 15 is 0 Å². The SMILES string of the molecule is O=C1CC=C(c2ccccc2Cl)CC1. The Morgan fingerprint density at radius 1 is 1.14 bits per heavy atom. The van der Waals surface area contributed by atoms with E-state index in [9.17, 15) is 4.79 Å². The van der Waals surface area contributed by atoms with E-state index in [1.54, 1.807) is 0 Å². The average Bonchev–Trinajstić information content (AvgIpc) is 2.20. The maximum Gasteiger partial charge on any atom is 0.137 e. The van der Waals surface area contributed by atoms with Gasteiger partial charge in [-0.05, 0) is 23.6 Å². The molecule has 0 saturated heterocycles. The van der Waals surface area contributed by atoms with Gasteiger partial charge in [0.25, 0.3) is 0 Å². The van der Waals surface area contributed by atoms with Gasteiger partial charge in [-0.15, -0.1) is 0 Å². The minimum Gasteiger partial charge on any atom is -0.299 e. The van der Waals surface area contributed by atoms with Gasteiger partial charge >= 0.3 is 0 Å². The minimum absolute atomic E-state index is 0.320. The minimum atomic E-state index is 0.320. The van der Waals surface area contributed by atoms with Gasteiger partial charge in [0.05, 0.1) is 0 Å². The van der Waals surface area contributed by atoms with Crippen LogP contribution in [0.2, 0.25) is 5.02 Å². The van der Waals surface area contributed by atoms with E-state index in [1.807, 2.05) is 30.3 Å². The lowest BCUT2D eigenvalue weighted by Gasteiger charge is -2.13. The predicted molar refractivity (Wildman–Crippen MR) is 58.3 cm³/mol. The van der Waals surface area contributed by atoms with Gasteiger partial charge in [-0.3, -0.25) is 4.79 Å². The van der Waals surface area contributed by atoms with Crippen LogP contribution in [-0.2, 0) is 4.79 Å². The van der Waals surface area contributed by atoms with Gasteiger partial charge in [0.1, 0.15) is 5.78 Å². The number of carbonyl (C=O) groups excluding carboxylic acids is 1. The molecule has 0 N–H and O–H groups in total. The van der Waals surface area contributed by atoms with Crippen LogP contribution in [0.4, 0.5) is 0 Å². The number of Topliss-reactive ketones (excluding diaryl/α,β-unsaturated/α-hetero) is 1. The van der Waals surface area contributed by atoms with E-state index in [2.05, 4.69) is 0 Å². The lowest BCUT2D eigenvalue weighted by molar-refractivity contribution is -0.118. The topological polar surface area (TPSA) is 17.1 Å². The van der Waals surface area contributed by atoms with Crippen molar-refractivity contribution in [3.8, 4) is 0 Å². The summed E-state index contributed by atoms with van der Waals surface area (Å²) in [4.78, 5) is 11.0. The Hall–Kier alpha value is -1.08. The zero-order valence-corrected chi connectivity index (χ0v) is 8.55. The molecule has 1 nitrogen and oxygen atoms in total. The normalized spacial score (nSPS) is 16.6. The van der Waals surface area contributed by atoms with Crippen molar-refractivity contribution in [2.24, 2.45) is 0 Å². The average molecular weight is 207 g/mol. The number of hydrogen-bond donors (Lipinski definition) is 0. The van der Waals surface area contributed by atoms with Crippen LogP contribution in [0.15, 0.2) is 30.3 Å². The molecule has 0 bridgehead atoms. The predicted octanol–water partition coefficient (Wildman–Crippen LogP) is 3.48. The van der Waals surface area contributed by atoms with Crippen LogP contribution in [0, 0.1) is 0 Å². The molecule has 0 aliphatic heterocycles. The Labute approximate surface area is 88.4 Å². The first-order chi connectivity index (χ1) is 6.77. The van der Waals surface area contributed by atoms with Crippen LogP contribution in [0.25, 0.3) is 5.57 Å². The molecule has 0 radical (unpaired) electrons. The van der Waals surface area contributed by atoms with E-state index in [0.29, 0.717) is 18.6 Å².